The normalized spacial score (nSPS) is 12.0. The molecule has 0 amide bonds. The van der Waals surface area contributed by atoms with E-state index in [1.165, 1.54) is 0 Å². The van der Waals surface area contributed by atoms with Crippen LogP contribution in [0, 0.1) is 6.92 Å². The third-order valence-corrected chi connectivity index (χ3v) is 1.05. The van der Waals surface area contributed by atoms with Crippen LogP contribution >= 0.6 is 0 Å². The van der Waals surface area contributed by atoms with Gasteiger partial charge in [0.05, 0.1) is 6.61 Å². The van der Waals surface area contributed by atoms with Gasteiger partial charge >= 0.3 is 0 Å². The Hall–Kier alpha value is -0.0800. The summed E-state index contributed by atoms with van der Waals surface area (Å²) < 4.78 is 5.06. The van der Waals surface area contributed by atoms with E-state index in [-0.39, 0.29) is 5.54 Å². The molecule has 0 aliphatic carbocycles. The molecule has 0 aliphatic rings. The Labute approximate surface area is 64.0 Å². The minimum absolute atomic E-state index is 0.199. The maximum atomic E-state index is 5.06. The van der Waals surface area contributed by atoms with Crippen molar-refractivity contribution in [2.45, 2.75) is 26.3 Å². The summed E-state index contributed by atoms with van der Waals surface area (Å²) in [6.45, 7) is 12.2. The predicted molar refractivity (Wildman–Crippen MR) is 43.9 cm³/mol. The number of nitrogens with one attached hydrogen (secondary N) is 1. The summed E-state index contributed by atoms with van der Waals surface area (Å²) in [6.07, 6.45) is 0. The quantitative estimate of drug-likeness (QED) is 0.599. The van der Waals surface area contributed by atoms with E-state index in [9.17, 15) is 0 Å². The average molecular weight is 144 g/mol. The van der Waals surface area contributed by atoms with Gasteiger partial charge in [-0.2, -0.15) is 0 Å². The average Bonchev–Trinajstić information content (AvgIpc) is 1.78. The van der Waals surface area contributed by atoms with Gasteiger partial charge in [0.15, 0.2) is 0 Å². The molecule has 1 radical (unpaired) electrons. The highest BCUT2D eigenvalue weighted by Crippen LogP contribution is 1.96. The van der Waals surface area contributed by atoms with Gasteiger partial charge in [-0.05, 0) is 27.7 Å². The first kappa shape index (κ1) is 9.92. The van der Waals surface area contributed by atoms with Crippen LogP contribution in [0.1, 0.15) is 20.8 Å². The fourth-order valence-corrected chi connectivity index (χ4v) is 0.600. The van der Waals surface area contributed by atoms with Gasteiger partial charge in [-0.15, -0.1) is 0 Å². The van der Waals surface area contributed by atoms with Crippen LogP contribution in [0.3, 0.4) is 0 Å². The Bertz CT molecular complexity index is 75.8. The van der Waals surface area contributed by atoms with Crippen molar-refractivity contribution in [1.29, 1.82) is 0 Å². The number of ether oxygens (including phenoxy) is 1. The summed E-state index contributed by atoms with van der Waals surface area (Å²) in [5.74, 6) is 0. The summed E-state index contributed by atoms with van der Waals surface area (Å²) in [5, 5.41) is 3.30. The van der Waals surface area contributed by atoms with Gasteiger partial charge in [0.1, 0.15) is 0 Å². The third kappa shape index (κ3) is 7.92. The van der Waals surface area contributed by atoms with E-state index in [4.69, 9.17) is 4.74 Å². The van der Waals surface area contributed by atoms with Crippen molar-refractivity contribution >= 4 is 0 Å². The largest absolute Gasteiger partial charge is 0.380 e. The maximum absolute atomic E-state index is 5.06. The molecule has 1 N–H and O–H groups in total. The van der Waals surface area contributed by atoms with E-state index in [1.54, 1.807) is 0 Å². The fraction of sp³-hybridized carbons (Fsp3) is 0.875. The molecule has 0 atom stereocenters. The van der Waals surface area contributed by atoms with Crippen molar-refractivity contribution in [2.24, 2.45) is 0 Å². The summed E-state index contributed by atoms with van der Waals surface area (Å²) in [4.78, 5) is 0. The Morgan fingerprint density at radius 2 is 2.00 bits per heavy atom. The number of rotatable bonds is 4. The van der Waals surface area contributed by atoms with E-state index in [1.807, 2.05) is 0 Å². The third-order valence-electron chi connectivity index (χ3n) is 1.05. The molecule has 10 heavy (non-hydrogen) atoms. The minimum atomic E-state index is 0.199. The van der Waals surface area contributed by atoms with Crippen molar-refractivity contribution < 1.29 is 4.74 Å². The molecule has 61 valence electrons. The van der Waals surface area contributed by atoms with Crippen molar-refractivity contribution in [3.8, 4) is 0 Å². The predicted octanol–water partition coefficient (Wildman–Crippen LogP) is 1.23. The van der Waals surface area contributed by atoms with Gasteiger partial charge in [-0.25, -0.2) is 0 Å². The van der Waals surface area contributed by atoms with Crippen LogP contribution in [0.2, 0.25) is 0 Å². The number of hydrogen-bond donors (Lipinski definition) is 1. The molecule has 0 fully saturated rings. The van der Waals surface area contributed by atoms with Crippen LogP contribution in [0.15, 0.2) is 0 Å². The highest BCUT2D eigenvalue weighted by molar-refractivity contribution is 4.69. The van der Waals surface area contributed by atoms with Crippen LogP contribution < -0.4 is 5.32 Å². The van der Waals surface area contributed by atoms with Gasteiger partial charge in [0.25, 0.3) is 0 Å². The zero-order chi connectivity index (χ0) is 8.04. The first-order chi connectivity index (χ1) is 4.56. The van der Waals surface area contributed by atoms with Crippen LogP contribution in [-0.4, -0.2) is 25.3 Å². The molecule has 0 spiro atoms. The smallest absolute Gasteiger partial charge is 0.0591 e. The molecular formula is C8H18NO. The van der Waals surface area contributed by atoms with Crippen LogP contribution in [0.25, 0.3) is 0 Å². The Balaban J connectivity index is 3.04. The Kier molecular flexibility index (Phi) is 4.65. The van der Waals surface area contributed by atoms with Gasteiger partial charge in [0.2, 0.25) is 0 Å². The summed E-state index contributed by atoms with van der Waals surface area (Å²) in [5.41, 5.74) is 0.199. The molecule has 0 heterocycles. The highest BCUT2D eigenvalue weighted by Gasteiger charge is 2.06. The number of hydrogen-bond acceptors (Lipinski definition) is 2. The summed E-state index contributed by atoms with van der Waals surface area (Å²) in [7, 11) is 0. The van der Waals surface area contributed by atoms with Gasteiger partial charge in [-0.1, -0.05) is 0 Å². The van der Waals surface area contributed by atoms with Crippen molar-refractivity contribution in [1.82, 2.24) is 5.32 Å². The lowest BCUT2D eigenvalue weighted by molar-refractivity contribution is 0.156. The van der Waals surface area contributed by atoms with Crippen LogP contribution in [0.5, 0.6) is 0 Å². The van der Waals surface area contributed by atoms with Crippen molar-refractivity contribution in [2.75, 3.05) is 19.8 Å². The molecule has 0 aromatic carbocycles. The van der Waals surface area contributed by atoms with E-state index >= 15 is 0 Å². The second-order valence-electron chi connectivity index (χ2n) is 3.29. The molecule has 2 nitrogen and oxygen atoms in total. The maximum Gasteiger partial charge on any atom is 0.0591 e. The second-order valence-corrected chi connectivity index (χ2v) is 3.29. The van der Waals surface area contributed by atoms with E-state index in [2.05, 4.69) is 33.0 Å². The van der Waals surface area contributed by atoms with Crippen molar-refractivity contribution in [3.05, 3.63) is 6.92 Å². The minimum Gasteiger partial charge on any atom is -0.380 e. The molecule has 0 saturated heterocycles. The lowest BCUT2D eigenvalue weighted by Crippen LogP contribution is -2.37. The molecule has 2 heteroatoms. The molecular weight excluding hydrogens is 126 g/mol. The molecule has 0 aromatic heterocycles. The van der Waals surface area contributed by atoms with E-state index in [0.29, 0.717) is 6.61 Å². The van der Waals surface area contributed by atoms with Crippen LogP contribution in [0.4, 0.5) is 0 Å². The van der Waals surface area contributed by atoms with Gasteiger partial charge in [-0.3, -0.25) is 0 Å². The lowest BCUT2D eigenvalue weighted by atomic mass is 10.1. The molecule has 0 unspecified atom stereocenters. The SMILES string of the molecule is [CH2]COCCNC(C)(C)C. The van der Waals surface area contributed by atoms with E-state index in [0.717, 1.165) is 13.2 Å². The zero-order valence-corrected chi connectivity index (χ0v) is 7.24. The fourth-order valence-electron chi connectivity index (χ4n) is 0.600. The molecule has 0 aliphatic heterocycles. The molecule has 0 rings (SSSR count). The van der Waals surface area contributed by atoms with Gasteiger partial charge in [0, 0.05) is 18.7 Å². The standard InChI is InChI=1S/C8H18NO/c1-5-10-7-6-9-8(2,3)4/h9H,1,5-7H2,2-4H3. The zero-order valence-electron chi connectivity index (χ0n) is 7.24. The van der Waals surface area contributed by atoms with Crippen LogP contribution in [-0.2, 0) is 4.74 Å². The van der Waals surface area contributed by atoms with Gasteiger partial charge < -0.3 is 10.1 Å². The molecule has 0 bridgehead atoms. The molecule has 0 saturated carbocycles. The Morgan fingerprint density at radius 3 is 2.40 bits per heavy atom. The Morgan fingerprint density at radius 1 is 1.40 bits per heavy atom. The molecule has 0 aromatic rings. The second kappa shape index (κ2) is 4.69. The first-order valence-electron chi connectivity index (χ1n) is 3.68. The highest BCUT2D eigenvalue weighted by atomic mass is 16.5. The lowest BCUT2D eigenvalue weighted by Gasteiger charge is -2.20. The summed E-state index contributed by atoms with van der Waals surface area (Å²) >= 11 is 0. The first-order valence-corrected chi connectivity index (χ1v) is 3.68. The monoisotopic (exact) mass is 144 g/mol. The van der Waals surface area contributed by atoms with E-state index < -0.39 is 0 Å². The summed E-state index contributed by atoms with van der Waals surface area (Å²) in [6, 6.07) is 0. The topological polar surface area (TPSA) is 21.3 Å². The van der Waals surface area contributed by atoms with Crippen molar-refractivity contribution in [3.63, 3.8) is 0 Å².